The summed E-state index contributed by atoms with van der Waals surface area (Å²) in [7, 11) is 0. The summed E-state index contributed by atoms with van der Waals surface area (Å²) >= 11 is 0. The van der Waals surface area contributed by atoms with Crippen LogP contribution in [-0.4, -0.2) is 17.0 Å². The average Bonchev–Trinajstić information content (AvgIpc) is 2.32. The van der Waals surface area contributed by atoms with Crippen molar-refractivity contribution in [1.82, 2.24) is 5.32 Å². The van der Waals surface area contributed by atoms with Crippen LogP contribution in [-0.2, 0) is 16.1 Å². The Morgan fingerprint density at radius 2 is 1.94 bits per heavy atom. The zero-order valence-corrected chi connectivity index (χ0v) is 9.99. The van der Waals surface area contributed by atoms with Crippen molar-refractivity contribution in [2.75, 3.05) is 0 Å². The first-order valence-electron chi connectivity index (χ1n) is 5.81. The highest BCUT2D eigenvalue weighted by Crippen LogP contribution is 2.04. The summed E-state index contributed by atoms with van der Waals surface area (Å²) in [6.45, 7) is 0.287. The van der Waals surface area contributed by atoms with E-state index in [1.165, 1.54) is 12.1 Å². The Hall–Kier alpha value is -1.91. The smallest absolute Gasteiger partial charge is 0.303 e. The van der Waals surface area contributed by atoms with Crippen LogP contribution in [0.2, 0.25) is 0 Å². The molecule has 1 rings (SSSR count). The number of unbranched alkanes of at least 4 members (excludes halogenated alkanes) is 1. The minimum atomic E-state index is -0.852. The Bertz CT molecular complexity index is 420. The van der Waals surface area contributed by atoms with Crippen molar-refractivity contribution in [3.05, 3.63) is 35.6 Å². The second-order valence-electron chi connectivity index (χ2n) is 4.01. The highest BCUT2D eigenvalue weighted by atomic mass is 19.1. The first kappa shape index (κ1) is 14.2. The molecule has 4 nitrogen and oxygen atoms in total. The third-order valence-corrected chi connectivity index (χ3v) is 2.42. The first-order chi connectivity index (χ1) is 8.58. The standard InChI is InChI=1S/C13H16FNO3/c14-11-5-3-4-10(8-11)9-15-12(16)6-1-2-7-13(17)18/h3-5,8H,1-2,6-7,9H2,(H,15,16)(H,17,18). The van der Waals surface area contributed by atoms with Gasteiger partial charge in [-0.2, -0.15) is 0 Å². The van der Waals surface area contributed by atoms with Crippen LogP contribution in [0.1, 0.15) is 31.2 Å². The molecule has 0 aliphatic carbocycles. The topological polar surface area (TPSA) is 66.4 Å². The summed E-state index contributed by atoms with van der Waals surface area (Å²) in [5.74, 6) is -1.33. The van der Waals surface area contributed by atoms with Crippen molar-refractivity contribution in [3.8, 4) is 0 Å². The van der Waals surface area contributed by atoms with Gasteiger partial charge < -0.3 is 10.4 Å². The molecule has 1 aromatic carbocycles. The summed E-state index contributed by atoms with van der Waals surface area (Å²) in [6, 6.07) is 6.03. The van der Waals surface area contributed by atoms with E-state index in [4.69, 9.17) is 5.11 Å². The monoisotopic (exact) mass is 253 g/mol. The first-order valence-corrected chi connectivity index (χ1v) is 5.81. The van der Waals surface area contributed by atoms with Crippen LogP contribution in [0.4, 0.5) is 4.39 Å². The number of benzene rings is 1. The summed E-state index contributed by atoms with van der Waals surface area (Å²) in [5.41, 5.74) is 0.703. The number of amides is 1. The number of aliphatic carboxylic acids is 1. The van der Waals surface area contributed by atoms with E-state index < -0.39 is 5.97 Å². The van der Waals surface area contributed by atoms with Gasteiger partial charge in [-0.05, 0) is 30.5 Å². The molecule has 0 bridgehead atoms. The molecule has 0 saturated carbocycles. The van der Waals surface area contributed by atoms with Crippen molar-refractivity contribution in [1.29, 1.82) is 0 Å². The van der Waals surface area contributed by atoms with Gasteiger partial charge >= 0.3 is 5.97 Å². The molecule has 5 heteroatoms. The summed E-state index contributed by atoms with van der Waals surface area (Å²) < 4.78 is 12.8. The molecule has 1 amide bonds. The van der Waals surface area contributed by atoms with E-state index in [-0.39, 0.29) is 24.7 Å². The predicted octanol–water partition coefficient (Wildman–Crippen LogP) is 2.09. The fraction of sp³-hybridized carbons (Fsp3) is 0.385. The van der Waals surface area contributed by atoms with E-state index in [2.05, 4.69) is 5.32 Å². The molecule has 0 heterocycles. The molecule has 18 heavy (non-hydrogen) atoms. The largest absolute Gasteiger partial charge is 0.481 e. The van der Waals surface area contributed by atoms with E-state index >= 15 is 0 Å². The van der Waals surface area contributed by atoms with Gasteiger partial charge in [-0.15, -0.1) is 0 Å². The fourth-order valence-corrected chi connectivity index (χ4v) is 1.50. The van der Waals surface area contributed by atoms with Gasteiger partial charge in [0.25, 0.3) is 0 Å². The summed E-state index contributed by atoms with van der Waals surface area (Å²) in [6.07, 6.45) is 1.41. The third kappa shape index (κ3) is 5.98. The minimum absolute atomic E-state index is 0.0805. The lowest BCUT2D eigenvalue weighted by Crippen LogP contribution is -2.22. The molecule has 0 unspecified atom stereocenters. The number of hydrogen-bond donors (Lipinski definition) is 2. The maximum Gasteiger partial charge on any atom is 0.303 e. The number of halogens is 1. The molecule has 2 N–H and O–H groups in total. The number of carbonyl (C=O) groups excluding carboxylic acids is 1. The highest BCUT2D eigenvalue weighted by Gasteiger charge is 2.03. The van der Waals surface area contributed by atoms with Gasteiger partial charge in [0, 0.05) is 19.4 Å². The van der Waals surface area contributed by atoms with Gasteiger partial charge in [-0.25, -0.2) is 4.39 Å². The Morgan fingerprint density at radius 3 is 2.61 bits per heavy atom. The second-order valence-corrected chi connectivity index (χ2v) is 4.01. The molecule has 0 radical (unpaired) electrons. The Kier molecular flexibility index (Phi) is 5.84. The molecule has 98 valence electrons. The van der Waals surface area contributed by atoms with Crippen LogP contribution in [0, 0.1) is 5.82 Å². The molecular weight excluding hydrogens is 237 g/mol. The van der Waals surface area contributed by atoms with E-state index in [0.29, 0.717) is 24.8 Å². The SMILES string of the molecule is O=C(O)CCCCC(=O)NCc1cccc(F)c1. The van der Waals surface area contributed by atoms with Gasteiger partial charge in [-0.3, -0.25) is 9.59 Å². The van der Waals surface area contributed by atoms with Crippen LogP contribution in [0.15, 0.2) is 24.3 Å². The third-order valence-electron chi connectivity index (χ3n) is 2.42. The lowest BCUT2D eigenvalue weighted by atomic mass is 10.2. The normalized spacial score (nSPS) is 10.1. The maximum atomic E-state index is 12.8. The second kappa shape index (κ2) is 7.42. The molecule has 0 aliphatic heterocycles. The average molecular weight is 253 g/mol. The zero-order valence-electron chi connectivity index (χ0n) is 9.99. The van der Waals surface area contributed by atoms with Crippen molar-refractivity contribution >= 4 is 11.9 Å². The molecule has 0 aromatic heterocycles. The van der Waals surface area contributed by atoms with Crippen molar-refractivity contribution in [2.45, 2.75) is 32.2 Å². The van der Waals surface area contributed by atoms with Gasteiger partial charge in [0.2, 0.25) is 5.91 Å². The number of nitrogens with one attached hydrogen (secondary N) is 1. The minimum Gasteiger partial charge on any atom is -0.481 e. The lowest BCUT2D eigenvalue weighted by molar-refractivity contribution is -0.137. The molecule has 1 aromatic rings. The number of hydrogen-bond acceptors (Lipinski definition) is 2. The van der Waals surface area contributed by atoms with Gasteiger partial charge in [-0.1, -0.05) is 12.1 Å². The number of carbonyl (C=O) groups is 2. The maximum absolute atomic E-state index is 12.8. The Morgan fingerprint density at radius 1 is 1.22 bits per heavy atom. The van der Waals surface area contributed by atoms with E-state index in [9.17, 15) is 14.0 Å². The number of carboxylic acid groups (broad SMARTS) is 1. The van der Waals surface area contributed by atoms with Gasteiger partial charge in [0.1, 0.15) is 5.82 Å². The Balaban J connectivity index is 2.19. The molecular formula is C13H16FNO3. The van der Waals surface area contributed by atoms with Gasteiger partial charge in [0.15, 0.2) is 0 Å². The summed E-state index contributed by atoms with van der Waals surface area (Å²) in [5, 5.41) is 11.1. The number of rotatable bonds is 7. The van der Waals surface area contributed by atoms with Crippen LogP contribution < -0.4 is 5.32 Å². The van der Waals surface area contributed by atoms with Crippen LogP contribution in [0.25, 0.3) is 0 Å². The molecule has 0 atom stereocenters. The lowest BCUT2D eigenvalue weighted by Gasteiger charge is -2.05. The zero-order chi connectivity index (χ0) is 13.4. The molecule has 0 saturated heterocycles. The predicted molar refractivity (Wildman–Crippen MR) is 64.4 cm³/mol. The van der Waals surface area contributed by atoms with Crippen molar-refractivity contribution in [3.63, 3.8) is 0 Å². The van der Waals surface area contributed by atoms with E-state index in [1.807, 2.05) is 0 Å². The number of carboxylic acids is 1. The van der Waals surface area contributed by atoms with Crippen molar-refractivity contribution in [2.24, 2.45) is 0 Å². The fourth-order valence-electron chi connectivity index (χ4n) is 1.50. The van der Waals surface area contributed by atoms with Gasteiger partial charge in [0.05, 0.1) is 0 Å². The van der Waals surface area contributed by atoms with E-state index in [1.54, 1.807) is 12.1 Å². The molecule has 0 fully saturated rings. The van der Waals surface area contributed by atoms with Crippen molar-refractivity contribution < 1.29 is 19.1 Å². The van der Waals surface area contributed by atoms with Crippen LogP contribution in [0.5, 0.6) is 0 Å². The highest BCUT2D eigenvalue weighted by molar-refractivity contribution is 5.75. The summed E-state index contributed by atoms with van der Waals surface area (Å²) in [4.78, 5) is 21.6. The quantitative estimate of drug-likeness (QED) is 0.731. The molecule has 0 aliphatic rings. The molecule has 0 spiro atoms. The Labute approximate surface area is 105 Å². The van der Waals surface area contributed by atoms with Crippen LogP contribution in [0.3, 0.4) is 0 Å². The van der Waals surface area contributed by atoms with Crippen LogP contribution >= 0.6 is 0 Å². The van der Waals surface area contributed by atoms with E-state index in [0.717, 1.165) is 0 Å².